The van der Waals surface area contributed by atoms with Gasteiger partial charge in [0.2, 0.25) is 0 Å². The normalized spacial score (nSPS) is 21.3. The van der Waals surface area contributed by atoms with Gasteiger partial charge in [-0.05, 0) is 46.6 Å². The van der Waals surface area contributed by atoms with Gasteiger partial charge in [0.25, 0.3) is 5.89 Å². The number of aromatic nitrogens is 4. The van der Waals surface area contributed by atoms with Crippen molar-refractivity contribution in [1.29, 1.82) is 0 Å². The fourth-order valence-electron chi connectivity index (χ4n) is 3.47. The largest absolute Gasteiger partial charge is 0.362 e. The van der Waals surface area contributed by atoms with E-state index in [1.54, 1.807) is 11.8 Å². The molecule has 27 heavy (non-hydrogen) atoms. The Morgan fingerprint density at radius 3 is 2.67 bits per heavy atom. The highest BCUT2D eigenvalue weighted by atomic mass is 16.5. The number of carbonyl (C=O) groups is 1. The molecule has 0 radical (unpaired) electrons. The quantitative estimate of drug-likeness (QED) is 0.874. The van der Waals surface area contributed by atoms with Crippen LogP contribution in [0, 0.1) is 20.8 Å². The van der Waals surface area contributed by atoms with Crippen molar-refractivity contribution in [2.45, 2.75) is 59.3 Å². The lowest BCUT2D eigenvalue weighted by molar-refractivity contribution is -0.0783. The topological polar surface area (TPSA) is 98.3 Å². The second-order valence-electron chi connectivity index (χ2n) is 7.35. The molecule has 148 valence electrons. The van der Waals surface area contributed by atoms with Crippen molar-refractivity contribution in [3.05, 3.63) is 28.7 Å². The fourth-order valence-corrected chi connectivity index (χ4v) is 3.47. The number of hydrogen-bond donors (Lipinski definition) is 1. The minimum absolute atomic E-state index is 0.0126. The van der Waals surface area contributed by atoms with Crippen LogP contribution in [-0.4, -0.2) is 56.1 Å². The first-order valence-corrected chi connectivity index (χ1v) is 9.24. The Hall–Kier alpha value is -2.42. The van der Waals surface area contributed by atoms with Crippen LogP contribution in [0.1, 0.15) is 48.6 Å². The standard InChI is InChI=1S/C18H28N6O3/c1-10(7-15-12(3)21-23(6)13(15)4)19-18(25)24-8-11(2)26-16(9-24)17-20-14(5)22-27-17/h10-11,16H,7-9H2,1-6H3,(H,19,25)/t10?,11-,16-/m1/s1. The van der Waals surface area contributed by atoms with Gasteiger partial charge in [-0.3, -0.25) is 4.68 Å². The molecule has 9 heteroatoms. The van der Waals surface area contributed by atoms with Crippen molar-refractivity contribution in [3.8, 4) is 0 Å². The van der Waals surface area contributed by atoms with Crippen LogP contribution in [0.3, 0.4) is 0 Å². The van der Waals surface area contributed by atoms with E-state index in [9.17, 15) is 4.79 Å². The maximum atomic E-state index is 12.8. The fraction of sp³-hybridized carbons (Fsp3) is 0.667. The summed E-state index contributed by atoms with van der Waals surface area (Å²) in [5.74, 6) is 0.963. The Morgan fingerprint density at radius 1 is 1.33 bits per heavy atom. The predicted octanol–water partition coefficient (Wildman–Crippen LogP) is 1.83. The Labute approximate surface area is 159 Å². The van der Waals surface area contributed by atoms with Gasteiger partial charge in [0, 0.05) is 25.3 Å². The van der Waals surface area contributed by atoms with E-state index in [2.05, 4.69) is 20.6 Å². The molecule has 2 amide bonds. The number of ether oxygens (including phenoxy) is 1. The summed E-state index contributed by atoms with van der Waals surface area (Å²) in [6, 6.07) is -0.126. The molecule has 1 saturated heterocycles. The van der Waals surface area contributed by atoms with Gasteiger partial charge in [0.1, 0.15) is 0 Å². The molecule has 9 nitrogen and oxygen atoms in total. The Kier molecular flexibility index (Phi) is 5.50. The van der Waals surface area contributed by atoms with Gasteiger partial charge < -0.3 is 19.5 Å². The molecule has 3 rings (SSSR count). The van der Waals surface area contributed by atoms with Crippen LogP contribution in [0.2, 0.25) is 0 Å². The summed E-state index contributed by atoms with van der Waals surface area (Å²) in [6.07, 6.45) is 0.224. The molecule has 3 heterocycles. The van der Waals surface area contributed by atoms with E-state index in [4.69, 9.17) is 9.26 Å². The van der Waals surface area contributed by atoms with Crippen LogP contribution in [0.5, 0.6) is 0 Å². The van der Waals surface area contributed by atoms with Crippen LogP contribution in [0.25, 0.3) is 0 Å². The molecule has 0 saturated carbocycles. The van der Waals surface area contributed by atoms with E-state index in [1.807, 2.05) is 39.4 Å². The molecule has 1 aliphatic rings. The molecular formula is C18H28N6O3. The molecule has 1 aliphatic heterocycles. The van der Waals surface area contributed by atoms with E-state index >= 15 is 0 Å². The van der Waals surface area contributed by atoms with Gasteiger partial charge in [-0.25, -0.2) is 4.79 Å². The minimum Gasteiger partial charge on any atom is -0.362 e. The third-order valence-corrected chi connectivity index (χ3v) is 4.91. The van der Waals surface area contributed by atoms with E-state index in [-0.39, 0.29) is 18.2 Å². The SMILES string of the molecule is Cc1noc([C@H]2CN(C(=O)NC(C)Cc3c(C)nn(C)c3C)C[C@@H](C)O2)n1. The van der Waals surface area contributed by atoms with E-state index < -0.39 is 6.10 Å². The number of carbonyl (C=O) groups excluding carboxylic acids is 1. The number of morpholine rings is 1. The number of amides is 2. The zero-order valence-electron chi connectivity index (χ0n) is 16.8. The highest BCUT2D eigenvalue weighted by Crippen LogP contribution is 2.24. The van der Waals surface area contributed by atoms with Crippen molar-refractivity contribution < 1.29 is 14.1 Å². The Balaban J connectivity index is 1.62. The first-order valence-electron chi connectivity index (χ1n) is 9.24. The van der Waals surface area contributed by atoms with Gasteiger partial charge in [-0.2, -0.15) is 10.1 Å². The van der Waals surface area contributed by atoms with Crippen LogP contribution in [-0.2, 0) is 18.2 Å². The van der Waals surface area contributed by atoms with E-state index in [0.717, 1.165) is 17.8 Å². The zero-order valence-corrected chi connectivity index (χ0v) is 16.8. The molecule has 1 N–H and O–H groups in total. The van der Waals surface area contributed by atoms with Crippen LogP contribution < -0.4 is 5.32 Å². The molecule has 1 fully saturated rings. The Morgan fingerprint density at radius 2 is 2.07 bits per heavy atom. The second kappa shape index (κ2) is 7.67. The zero-order chi connectivity index (χ0) is 19.7. The van der Waals surface area contributed by atoms with Crippen LogP contribution in [0.15, 0.2) is 4.52 Å². The van der Waals surface area contributed by atoms with Crippen molar-refractivity contribution in [2.24, 2.45) is 7.05 Å². The van der Waals surface area contributed by atoms with E-state index in [1.165, 1.54) is 5.56 Å². The average molecular weight is 376 g/mol. The van der Waals surface area contributed by atoms with Gasteiger partial charge in [0.05, 0.1) is 18.3 Å². The lowest BCUT2D eigenvalue weighted by Crippen LogP contribution is -2.52. The van der Waals surface area contributed by atoms with Crippen molar-refractivity contribution in [3.63, 3.8) is 0 Å². The number of hydrogen-bond acceptors (Lipinski definition) is 6. The summed E-state index contributed by atoms with van der Waals surface area (Å²) in [5.41, 5.74) is 3.31. The predicted molar refractivity (Wildman–Crippen MR) is 98.3 cm³/mol. The number of urea groups is 1. The van der Waals surface area contributed by atoms with Gasteiger partial charge in [-0.1, -0.05) is 5.16 Å². The van der Waals surface area contributed by atoms with Crippen molar-refractivity contribution in [1.82, 2.24) is 30.1 Å². The summed E-state index contributed by atoms with van der Waals surface area (Å²) in [6.45, 7) is 10.6. The first-order chi connectivity index (χ1) is 12.7. The average Bonchev–Trinajstić information content (AvgIpc) is 3.13. The van der Waals surface area contributed by atoms with Gasteiger partial charge >= 0.3 is 6.03 Å². The third-order valence-electron chi connectivity index (χ3n) is 4.91. The van der Waals surface area contributed by atoms with Gasteiger partial charge in [0.15, 0.2) is 11.9 Å². The smallest absolute Gasteiger partial charge is 0.317 e. The second-order valence-corrected chi connectivity index (χ2v) is 7.35. The van der Waals surface area contributed by atoms with Gasteiger partial charge in [-0.15, -0.1) is 0 Å². The highest BCUT2D eigenvalue weighted by Gasteiger charge is 2.33. The molecule has 2 aromatic heterocycles. The molecule has 0 aliphatic carbocycles. The summed E-state index contributed by atoms with van der Waals surface area (Å²) in [5, 5.41) is 11.3. The Bertz CT molecular complexity index is 814. The molecule has 2 aromatic rings. The highest BCUT2D eigenvalue weighted by molar-refractivity contribution is 5.74. The maximum Gasteiger partial charge on any atom is 0.317 e. The van der Waals surface area contributed by atoms with Crippen molar-refractivity contribution in [2.75, 3.05) is 13.1 Å². The minimum atomic E-state index is -0.404. The monoisotopic (exact) mass is 376 g/mol. The molecule has 1 unspecified atom stereocenters. The van der Waals surface area contributed by atoms with Crippen LogP contribution >= 0.6 is 0 Å². The number of nitrogens with zero attached hydrogens (tertiary/aromatic N) is 5. The molecule has 0 spiro atoms. The molecule has 0 aromatic carbocycles. The molecule has 0 bridgehead atoms. The molecule has 3 atom stereocenters. The number of nitrogens with one attached hydrogen (secondary N) is 1. The lowest BCUT2D eigenvalue weighted by atomic mass is 10.1. The number of aryl methyl sites for hydroxylation is 3. The van der Waals surface area contributed by atoms with E-state index in [0.29, 0.717) is 24.8 Å². The third kappa shape index (κ3) is 4.29. The number of rotatable bonds is 4. The molecular weight excluding hydrogens is 348 g/mol. The van der Waals surface area contributed by atoms with Crippen LogP contribution in [0.4, 0.5) is 4.79 Å². The summed E-state index contributed by atoms with van der Waals surface area (Å²) in [4.78, 5) is 18.8. The lowest BCUT2D eigenvalue weighted by Gasteiger charge is -2.35. The summed E-state index contributed by atoms with van der Waals surface area (Å²) >= 11 is 0. The first kappa shape index (κ1) is 19.3. The maximum absolute atomic E-state index is 12.8. The van der Waals surface area contributed by atoms with Crippen molar-refractivity contribution >= 4 is 6.03 Å². The summed E-state index contributed by atoms with van der Waals surface area (Å²) < 4.78 is 13.0. The summed E-state index contributed by atoms with van der Waals surface area (Å²) in [7, 11) is 1.93.